The van der Waals surface area contributed by atoms with Crippen LogP contribution in [0, 0.1) is 6.92 Å². The second kappa shape index (κ2) is 5.48. The van der Waals surface area contributed by atoms with E-state index >= 15 is 0 Å². The van der Waals surface area contributed by atoms with Crippen LogP contribution in [0.2, 0.25) is 0 Å². The van der Waals surface area contributed by atoms with E-state index in [2.05, 4.69) is 39.7 Å². The Bertz CT molecular complexity index is 538. The molecule has 0 aliphatic heterocycles. The molecular weight excluding hydrogens is 292 g/mol. The minimum absolute atomic E-state index is 0.289. The predicted molar refractivity (Wildman–Crippen MR) is 75.1 cm³/mol. The summed E-state index contributed by atoms with van der Waals surface area (Å²) in [4.78, 5) is 8.80. The molecule has 2 rings (SSSR count). The molecule has 3 nitrogen and oxygen atoms in total. The molecule has 0 bridgehead atoms. The van der Waals surface area contributed by atoms with Crippen LogP contribution >= 0.6 is 15.9 Å². The van der Waals surface area contributed by atoms with Crippen LogP contribution in [0.4, 0.5) is 0 Å². The number of halogens is 1. The molecule has 0 aliphatic rings. The van der Waals surface area contributed by atoms with E-state index in [1.54, 1.807) is 0 Å². The van der Waals surface area contributed by atoms with Crippen LogP contribution in [0.5, 0.6) is 11.6 Å². The first-order valence-electron chi connectivity index (χ1n) is 5.83. The first kappa shape index (κ1) is 13.0. The normalized spacial score (nSPS) is 10.7. The van der Waals surface area contributed by atoms with Crippen molar-refractivity contribution in [1.82, 2.24) is 9.97 Å². The maximum absolute atomic E-state index is 5.73. The van der Waals surface area contributed by atoms with Crippen molar-refractivity contribution in [2.45, 2.75) is 26.7 Å². The molecule has 1 heterocycles. The summed E-state index contributed by atoms with van der Waals surface area (Å²) in [5.41, 5.74) is 0.917. The van der Waals surface area contributed by atoms with Crippen LogP contribution in [-0.4, -0.2) is 9.97 Å². The van der Waals surface area contributed by atoms with E-state index < -0.39 is 0 Å². The molecule has 0 atom stereocenters. The first-order valence-corrected chi connectivity index (χ1v) is 6.63. The molecule has 94 valence electrons. The number of hydrogen-bond acceptors (Lipinski definition) is 3. The molecule has 0 N–H and O–H groups in total. The van der Waals surface area contributed by atoms with E-state index in [1.807, 2.05) is 37.3 Å². The Kier molecular flexibility index (Phi) is 3.97. The van der Waals surface area contributed by atoms with Gasteiger partial charge in [-0.25, -0.2) is 4.98 Å². The van der Waals surface area contributed by atoms with Crippen LogP contribution in [-0.2, 0) is 0 Å². The topological polar surface area (TPSA) is 35.0 Å². The second-order valence-corrected chi connectivity index (χ2v) is 5.33. The van der Waals surface area contributed by atoms with E-state index in [-0.39, 0.29) is 5.92 Å². The van der Waals surface area contributed by atoms with Gasteiger partial charge in [-0.15, -0.1) is 0 Å². The van der Waals surface area contributed by atoms with Crippen LogP contribution in [0.1, 0.15) is 31.3 Å². The van der Waals surface area contributed by atoms with Crippen molar-refractivity contribution in [3.05, 3.63) is 46.3 Å². The lowest BCUT2D eigenvalue weighted by Gasteiger charge is -2.09. The zero-order chi connectivity index (χ0) is 13.1. The van der Waals surface area contributed by atoms with Gasteiger partial charge in [-0.2, -0.15) is 4.98 Å². The Morgan fingerprint density at radius 1 is 1.11 bits per heavy atom. The molecule has 1 aromatic carbocycles. The van der Waals surface area contributed by atoms with Gasteiger partial charge in [0, 0.05) is 22.2 Å². The van der Waals surface area contributed by atoms with Gasteiger partial charge >= 0.3 is 0 Å². The molecule has 0 spiro atoms. The fourth-order valence-electron chi connectivity index (χ4n) is 1.50. The molecule has 0 radical (unpaired) electrons. The number of nitrogens with zero attached hydrogens (tertiary/aromatic N) is 2. The SMILES string of the molecule is Cc1cc(Oc2ccc(Br)cc2)nc(C(C)C)n1. The van der Waals surface area contributed by atoms with Gasteiger partial charge in [0.25, 0.3) is 0 Å². The Hall–Kier alpha value is -1.42. The van der Waals surface area contributed by atoms with Gasteiger partial charge in [0.05, 0.1) is 0 Å². The lowest BCUT2D eigenvalue weighted by Crippen LogP contribution is -2.01. The molecule has 18 heavy (non-hydrogen) atoms. The molecule has 0 unspecified atom stereocenters. The van der Waals surface area contributed by atoms with Crippen LogP contribution in [0.25, 0.3) is 0 Å². The number of benzene rings is 1. The summed E-state index contributed by atoms with van der Waals surface area (Å²) >= 11 is 3.39. The maximum atomic E-state index is 5.73. The van der Waals surface area contributed by atoms with Crippen LogP contribution in [0.3, 0.4) is 0 Å². The Morgan fingerprint density at radius 2 is 1.78 bits per heavy atom. The smallest absolute Gasteiger partial charge is 0.222 e. The summed E-state index contributed by atoms with van der Waals surface area (Å²) in [6, 6.07) is 9.51. The van der Waals surface area contributed by atoms with Crippen molar-refractivity contribution < 1.29 is 4.74 Å². The van der Waals surface area contributed by atoms with Crippen molar-refractivity contribution in [3.8, 4) is 11.6 Å². The fraction of sp³-hybridized carbons (Fsp3) is 0.286. The Balaban J connectivity index is 2.26. The number of ether oxygens (including phenoxy) is 1. The third-order valence-corrected chi connectivity index (χ3v) is 2.93. The van der Waals surface area contributed by atoms with E-state index in [0.717, 1.165) is 21.7 Å². The molecule has 0 saturated heterocycles. The largest absolute Gasteiger partial charge is 0.439 e. The quantitative estimate of drug-likeness (QED) is 0.839. The highest BCUT2D eigenvalue weighted by molar-refractivity contribution is 9.10. The first-order chi connectivity index (χ1) is 8.54. The van der Waals surface area contributed by atoms with Gasteiger partial charge in [0.1, 0.15) is 11.6 Å². The van der Waals surface area contributed by atoms with Gasteiger partial charge in [0.15, 0.2) is 0 Å². The summed E-state index contributed by atoms with van der Waals surface area (Å²) < 4.78 is 6.76. The standard InChI is InChI=1S/C14H15BrN2O/c1-9(2)14-16-10(3)8-13(17-14)18-12-6-4-11(15)5-7-12/h4-9H,1-3H3. The van der Waals surface area contributed by atoms with Crippen molar-refractivity contribution in [1.29, 1.82) is 0 Å². The van der Waals surface area contributed by atoms with Crippen LogP contribution < -0.4 is 4.74 Å². The van der Waals surface area contributed by atoms with Gasteiger partial charge in [0.2, 0.25) is 5.88 Å². The lowest BCUT2D eigenvalue weighted by atomic mass is 10.2. The zero-order valence-corrected chi connectivity index (χ0v) is 12.2. The third-order valence-electron chi connectivity index (χ3n) is 2.40. The monoisotopic (exact) mass is 306 g/mol. The average Bonchev–Trinajstić information content (AvgIpc) is 2.31. The highest BCUT2D eigenvalue weighted by Gasteiger charge is 2.07. The molecule has 0 saturated carbocycles. The number of aryl methyl sites for hydroxylation is 1. The molecule has 2 aromatic rings. The van der Waals surface area contributed by atoms with Gasteiger partial charge in [-0.1, -0.05) is 29.8 Å². The third kappa shape index (κ3) is 3.29. The number of aromatic nitrogens is 2. The van der Waals surface area contributed by atoms with Crippen molar-refractivity contribution in [3.63, 3.8) is 0 Å². The molecule has 1 aromatic heterocycles. The van der Waals surface area contributed by atoms with Crippen LogP contribution in [0.15, 0.2) is 34.8 Å². The Labute approximate surface area is 115 Å². The van der Waals surface area contributed by atoms with Crippen molar-refractivity contribution in [2.75, 3.05) is 0 Å². The highest BCUT2D eigenvalue weighted by Crippen LogP contribution is 2.23. The molecular formula is C14H15BrN2O. The van der Waals surface area contributed by atoms with E-state index in [9.17, 15) is 0 Å². The van der Waals surface area contributed by atoms with E-state index in [0.29, 0.717) is 5.88 Å². The Morgan fingerprint density at radius 3 is 2.39 bits per heavy atom. The summed E-state index contributed by atoms with van der Waals surface area (Å²) in [7, 11) is 0. The average molecular weight is 307 g/mol. The summed E-state index contributed by atoms with van der Waals surface area (Å²) in [5.74, 6) is 2.46. The summed E-state index contributed by atoms with van der Waals surface area (Å²) in [6.45, 7) is 6.08. The van der Waals surface area contributed by atoms with E-state index in [1.165, 1.54) is 0 Å². The van der Waals surface area contributed by atoms with Gasteiger partial charge in [-0.05, 0) is 31.2 Å². The molecule has 0 aliphatic carbocycles. The van der Waals surface area contributed by atoms with Gasteiger partial charge < -0.3 is 4.74 Å². The minimum atomic E-state index is 0.289. The fourth-order valence-corrected chi connectivity index (χ4v) is 1.76. The lowest BCUT2D eigenvalue weighted by molar-refractivity contribution is 0.456. The number of hydrogen-bond donors (Lipinski definition) is 0. The minimum Gasteiger partial charge on any atom is -0.439 e. The molecule has 0 amide bonds. The summed E-state index contributed by atoms with van der Waals surface area (Å²) in [6.07, 6.45) is 0. The summed E-state index contributed by atoms with van der Waals surface area (Å²) in [5, 5.41) is 0. The number of rotatable bonds is 3. The second-order valence-electron chi connectivity index (χ2n) is 4.42. The van der Waals surface area contributed by atoms with E-state index in [4.69, 9.17) is 4.74 Å². The molecule has 0 fully saturated rings. The zero-order valence-electron chi connectivity index (χ0n) is 10.6. The molecule has 4 heteroatoms. The van der Waals surface area contributed by atoms with Gasteiger partial charge in [-0.3, -0.25) is 0 Å². The predicted octanol–water partition coefficient (Wildman–Crippen LogP) is 4.46. The highest BCUT2D eigenvalue weighted by atomic mass is 79.9. The maximum Gasteiger partial charge on any atom is 0.222 e. The van der Waals surface area contributed by atoms with Crippen molar-refractivity contribution >= 4 is 15.9 Å². The van der Waals surface area contributed by atoms with Crippen molar-refractivity contribution in [2.24, 2.45) is 0 Å².